The SMILES string of the molecule is O=C(NC1CC1)c1ccnc(N2CCC3(CC2)CN[C@H](C(=O)O)C3)c1. The maximum Gasteiger partial charge on any atom is 0.320 e. The highest BCUT2D eigenvalue weighted by Gasteiger charge is 2.43. The van der Waals surface area contributed by atoms with E-state index >= 15 is 0 Å². The number of aliphatic carboxylic acids is 1. The van der Waals surface area contributed by atoms with Gasteiger partial charge in [0.15, 0.2) is 0 Å². The van der Waals surface area contributed by atoms with Gasteiger partial charge in [-0.25, -0.2) is 4.98 Å². The number of hydrogen-bond acceptors (Lipinski definition) is 5. The molecule has 1 spiro atoms. The fourth-order valence-corrected chi connectivity index (χ4v) is 3.91. The van der Waals surface area contributed by atoms with Crippen molar-refractivity contribution in [3.63, 3.8) is 0 Å². The first-order valence-corrected chi connectivity index (χ1v) is 9.03. The number of carbonyl (C=O) groups is 2. The van der Waals surface area contributed by atoms with E-state index in [1.165, 1.54) is 0 Å². The number of nitrogens with one attached hydrogen (secondary N) is 2. The summed E-state index contributed by atoms with van der Waals surface area (Å²) in [6, 6.07) is 3.54. The van der Waals surface area contributed by atoms with Crippen LogP contribution in [0.2, 0.25) is 0 Å². The van der Waals surface area contributed by atoms with Gasteiger partial charge in [-0.1, -0.05) is 0 Å². The van der Waals surface area contributed by atoms with Crippen LogP contribution < -0.4 is 15.5 Å². The number of anilines is 1. The fourth-order valence-electron chi connectivity index (χ4n) is 3.91. The van der Waals surface area contributed by atoms with Crippen molar-refractivity contribution < 1.29 is 14.7 Å². The summed E-state index contributed by atoms with van der Waals surface area (Å²) < 4.78 is 0. The summed E-state index contributed by atoms with van der Waals surface area (Å²) in [7, 11) is 0. The average Bonchev–Trinajstić information content (AvgIpc) is 3.34. The molecule has 1 saturated carbocycles. The number of rotatable bonds is 4. The zero-order valence-electron chi connectivity index (χ0n) is 14.2. The van der Waals surface area contributed by atoms with E-state index in [4.69, 9.17) is 0 Å². The van der Waals surface area contributed by atoms with Gasteiger partial charge in [-0.3, -0.25) is 9.59 Å². The molecule has 2 aliphatic heterocycles. The molecule has 134 valence electrons. The fraction of sp³-hybridized carbons (Fsp3) is 0.611. The Bertz CT molecular complexity index is 681. The molecule has 2 saturated heterocycles. The van der Waals surface area contributed by atoms with E-state index in [1.807, 2.05) is 6.07 Å². The smallest absolute Gasteiger partial charge is 0.320 e. The monoisotopic (exact) mass is 344 g/mol. The standard InChI is InChI=1S/C18H24N4O3/c23-16(21-13-1-2-13)12-3-6-19-15(9-12)22-7-4-18(5-8-22)10-14(17(24)25)20-11-18/h3,6,9,13-14,20H,1-2,4-5,7-8,10-11H2,(H,21,23)(H,24,25)/t14-/m0/s1. The zero-order chi connectivity index (χ0) is 17.4. The molecular weight excluding hydrogens is 320 g/mol. The van der Waals surface area contributed by atoms with Crippen LogP contribution in [0.25, 0.3) is 0 Å². The predicted molar refractivity (Wildman–Crippen MR) is 92.6 cm³/mol. The van der Waals surface area contributed by atoms with Gasteiger partial charge in [0.25, 0.3) is 5.91 Å². The highest BCUT2D eigenvalue weighted by Crippen LogP contribution is 2.40. The lowest BCUT2D eigenvalue weighted by molar-refractivity contribution is -0.139. The van der Waals surface area contributed by atoms with E-state index in [0.29, 0.717) is 18.0 Å². The summed E-state index contributed by atoms with van der Waals surface area (Å²) >= 11 is 0. The Morgan fingerprint density at radius 3 is 2.72 bits per heavy atom. The number of pyridine rings is 1. The number of carboxylic acids is 1. The van der Waals surface area contributed by atoms with Crippen molar-refractivity contribution in [1.82, 2.24) is 15.6 Å². The Balaban J connectivity index is 1.39. The summed E-state index contributed by atoms with van der Waals surface area (Å²) in [5.41, 5.74) is 0.742. The number of nitrogens with zero attached hydrogens (tertiary/aromatic N) is 2. The molecule has 3 N–H and O–H groups in total. The van der Waals surface area contributed by atoms with Crippen LogP contribution in [0, 0.1) is 5.41 Å². The van der Waals surface area contributed by atoms with E-state index in [-0.39, 0.29) is 11.3 Å². The maximum absolute atomic E-state index is 12.2. The quantitative estimate of drug-likeness (QED) is 0.755. The van der Waals surface area contributed by atoms with Crippen LogP contribution in [0.1, 0.15) is 42.5 Å². The second kappa shape index (κ2) is 6.29. The first-order valence-electron chi connectivity index (χ1n) is 9.03. The molecule has 25 heavy (non-hydrogen) atoms. The number of carboxylic acid groups (broad SMARTS) is 1. The molecule has 4 rings (SSSR count). The zero-order valence-corrected chi connectivity index (χ0v) is 14.2. The van der Waals surface area contributed by atoms with Crippen LogP contribution in [0.15, 0.2) is 18.3 Å². The molecule has 0 unspecified atom stereocenters. The average molecular weight is 344 g/mol. The lowest BCUT2D eigenvalue weighted by atomic mass is 9.76. The van der Waals surface area contributed by atoms with Crippen LogP contribution in [-0.2, 0) is 4.79 Å². The Hall–Kier alpha value is -2.15. The minimum absolute atomic E-state index is 0.0241. The molecule has 3 heterocycles. The molecule has 3 fully saturated rings. The summed E-state index contributed by atoms with van der Waals surface area (Å²) in [6.07, 6.45) is 6.44. The van der Waals surface area contributed by atoms with Crippen molar-refractivity contribution in [3.05, 3.63) is 23.9 Å². The largest absolute Gasteiger partial charge is 0.480 e. The third-order valence-electron chi connectivity index (χ3n) is 5.73. The summed E-state index contributed by atoms with van der Waals surface area (Å²) in [6.45, 7) is 2.46. The van der Waals surface area contributed by atoms with Crippen molar-refractivity contribution in [2.24, 2.45) is 5.41 Å². The minimum atomic E-state index is -0.754. The van der Waals surface area contributed by atoms with E-state index < -0.39 is 12.0 Å². The van der Waals surface area contributed by atoms with Crippen molar-refractivity contribution in [3.8, 4) is 0 Å². The molecular formula is C18H24N4O3. The van der Waals surface area contributed by atoms with Crippen LogP contribution >= 0.6 is 0 Å². The molecule has 1 amide bonds. The van der Waals surface area contributed by atoms with E-state index in [9.17, 15) is 14.7 Å². The molecule has 0 aromatic carbocycles. The van der Waals surface area contributed by atoms with Gasteiger partial charge in [0.1, 0.15) is 11.9 Å². The Labute approximate surface area is 146 Å². The highest BCUT2D eigenvalue weighted by molar-refractivity contribution is 5.95. The van der Waals surface area contributed by atoms with E-state index in [1.54, 1.807) is 12.3 Å². The second-order valence-corrected chi connectivity index (χ2v) is 7.61. The van der Waals surface area contributed by atoms with Gasteiger partial charge >= 0.3 is 5.97 Å². The molecule has 0 radical (unpaired) electrons. The maximum atomic E-state index is 12.2. The predicted octanol–water partition coefficient (Wildman–Crippen LogP) is 1.01. The Kier molecular flexibility index (Phi) is 4.11. The van der Waals surface area contributed by atoms with Crippen LogP contribution in [-0.4, -0.2) is 53.7 Å². The summed E-state index contributed by atoms with van der Waals surface area (Å²) in [5, 5.41) is 15.3. The number of hydrogen-bond donors (Lipinski definition) is 3. The number of aromatic nitrogens is 1. The van der Waals surface area contributed by atoms with Gasteiger partial charge in [-0.05, 0) is 49.7 Å². The first-order chi connectivity index (χ1) is 12.0. The molecule has 7 nitrogen and oxygen atoms in total. The van der Waals surface area contributed by atoms with Crippen molar-refractivity contribution in [2.45, 2.75) is 44.2 Å². The van der Waals surface area contributed by atoms with Gasteiger partial charge < -0.3 is 20.6 Å². The van der Waals surface area contributed by atoms with Crippen LogP contribution in [0.3, 0.4) is 0 Å². The molecule has 7 heteroatoms. The lowest BCUT2D eigenvalue weighted by Gasteiger charge is -2.39. The Morgan fingerprint density at radius 2 is 2.08 bits per heavy atom. The van der Waals surface area contributed by atoms with E-state index in [2.05, 4.69) is 20.5 Å². The topological polar surface area (TPSA) is 94.6 Å². The highest BCUT2D eigenvalue weighted by atomic mass is 16.4. The normalized spacial score (nSPS) is 25.1. The third-order valence-corrected chi connectivity index (χ3v) is 5.73. The van der Waals surface area contributed by atoms with Gasteiger partial charge in [0.05, 0.1) is 0 Å². The van der Waals surface area contributed by atoms with Gasteiger partial charge in [-0.15, -0.1) is 0 Å². The van der Waals surface area contributed by atoms with Crippen molar-refractivity contribution >= 4 is 17.7 Å². The third kappa shape index (κ3) is 3.46. The van der Waals surface area contributed by atoms with Crippen molar-refractivity contribution in [2.75, 3.05) is 24.5 Å². The minimum Gasteiger partial charge on any atom is -0.480 e. The van der Waals surface area contributed by atoms with Crippen molar-refractivity contribution in [1.29, 1.82) is 0 Å². The van der Waals surface area contributed by atoms with Gasteiger partial charge in [0, 0.05) is 37.4 Å². The molecule has 1 atom stereocenters. The molecule has 1 aromatic rings. The number of amides is 1. The first kappa shape index (κ1) is 16.3. The second-order valence-electron chi connectivity index (χ2n) is 7.61. The van der Waals surface area contributed by atoms with Crippen LogP contribution in [0.5, 0.6) is 0 Å². The Morgan fingerprint density at radius 1 is 1.32 bits per heavy atom. The molecule has 1 aromatic heterocycles. The van der Waals surface area contributed by atoms with Crippen LogP contribution in [0.4, 0.5) is 5.82 Å². The lowest BCUT2D eigenvalue weighted by Crippen LogP contribution is -2.41. The molecule has 0 bridgehead atoms. The summed E-state index contributed by atoms with van der Waals surface area (Å²) in [5.74, 6) is 0.0540. The van der Waals surface area contributed by atoms with E-state index in [0.717, 1.165) is 51.1 Å². The summed E-state index contributed by atoms with van der Waals surface area (Å²) in [4.78, 5) is 30.0. The number of carbonyl (C=O) groups excluding carboxylic acids is 1. The number of piperidine rings is 1. The molecule has 3 aliphatic rings. The van der Waals surface area contributed by atoms with Gasteiger partial charge in [-0.2, -0.15) is 0 Å². The van der Waals surface area contributed by atoms with Gasteiger partial charge in [0.2, 0.25) is 0 Å². The molecule has 1 aliphatic carbocycles.